The fraction of sp³-hybridized carbons (Fsp3) is 0.533. The van der Waals surface area contributed by atoms with Crippen molar-refractivity contribution in [2.45, 2.75) is 39.3 Å². The molecule has 0 aromatic heterocycles. The van der Waals surface area contributed by atoms with Gasteiger partial charge in [0.05, 0.1) is 6.54 Å². The summed E-state index contributed by atoms with van der Waals surface area (Å²) >= 11 is 0. The van der Waals surface area contributed by atoms with Gasteiger partial charge in [-0.25, -0.2) is 0 Å². The maximum absolute atomic E-state index is 11.8. The summed E-state index contributed by atoms with van der Waals surface area (Å²) in [5, 5.41) is 0. The first-order valence-electron chi connectivity index (χ1n) is 6.47. The first kappa shape index (κ1) is 12.3. The lowest BCUT2D eigenvalue weighted by Gasteiger charge is -2.22. The van der Waals surface area contributed by atoms with Crippen LogP contribution >= 0.6 is 0 Å². The molecule has 0 saturated heterocycles. The first-order valence-corrected chi connectivity index (χ1v) is 6.47. The van der Waals surface area contributed by atoms with Crippen molar-refractivity contribution in [3.63, 3.8) is 0 Å². The zero-order valence-corrected chi connectivity index (χ0v) is 10.7. The molecule has 92 valence electrons. The predicted molar refractivity (Wildman–Crippen MR) is 69.7 cm³/mol. The van der Waals surface area contributed by atoms with E-state index >= 15 is 0 Å². The Morgan fingerprint density at radius 2 is 1.94 bits per heavy atom. The molecule has 0 amide bonds. The van der Waals surface area contributed by atoms with Crippen molar-refractivity contribution < 1.29 is 4.79 Å². The SMILES string of the molecule is CC(C)C(=O)CN(Cc1ccccc1)C1CC1. The van der Waals surface area contributed by atoms with Crippen LogP contribution in [-0.4, -0.2) is 23.3 Å². The summed E-state index contributed by atoms with van der Waals surface area (Å²) in [5.74, 6) is 0.500. The van der Waals surface area contributed by atoms with Gasteiger partial charge in [0.1, 0.15) is 5.78 Å². The summed E-state index contributed by atoms with van der Waals surface area (Å²) in [5.41, 5.74) is 1.30. The molecule has 0 aliphatic heterocycles. The molecule has 17 heavy (non-hydrogen) atoms. The van der Waals surface area contributed by atoms with Crippen LogP contribution in [0.15, 0.2) is 30.3 Å². The third kappa shape index (κ3) is 3.67. The summed E-state index contributed by atoms with van der Waals surface area (Å²) in [6.45, 7) is 5.48. The molecule has 0 radical (unpaired) electrons. The summed E-state index contributed by atoms with van der Waals surface area (Å²) in [4.78, 5) is 14.2. The average Bonchev–Trinajstić information content (AvgIpc) is 3.13. The number of ketones is 1. The fourth-order valence-corrected chi connectivity index (χ4v) is 1.95. The molecule has 2 nitrogen and oxygen atoms in total. The van der Waals surface area contributed by atoms with E-state index < -0.39 is 0 Å². The van der Waals surface area contributed by atoms with Gasteiger partial charge < -0.3 is 0 Å². The molecular formula is C15H21NO. The highest BCUT2D eigenvalue weighted by Crippen LogP contribution is 2.28. The molecule has 1 aromatic rings. The van der Waals surface area contributed by atoms with Gasteiger partial charge in [-0.2, -0.15) is 0 Å². The Labute approximate surface area is 104 Å². The molecule has 2 rings (SSSR count). The molecular weight excluding hydrogens is 210 g/mol. The molecule has 0 unspecified atom stereocenters. The van der Waals surface area contributed by atoms with Crippen molar-refractivity contribution in [1.82, 2.24) is 4.90 Å². The lowest BCUT2D eigenvalue weighted by molar-refractivity contribution is -0.123. The quantitative estimate of drug-likeness (QED) is 0.750. The summed E-state index contributed by atoms with van der Waals surface area (Å²) in [6, 6.07) is 11.1. The van der Waals surface area contributed by atoms with Gasteiger partial charge in [0.2, 0.25) is 0 Å². The summed E-state index contributed by atoms with van der Waals surface area (Å²) in [6.07, 6.45) is 2.50. The van der Waals surface area contributed by atoms with E-state index in [-0.39, 0.29) is 5.92 Å². The fourth-order valence-electron chi connectivity index (χ4n) is 1.95. The number of hydrogen-bond donors (Lipinski definition) is 0. The smallest absolute Gasteiger partial charge is 0.149 e. The van der Waals surface area contributed by atoms with Gasteiger partial charge in [0, 0.05) is 18.5 Å². The van der Waals surface area contributed by atoms with Crippen LogP contribution in [0.5, 0.6) is 0 Å². The van der Waals surface area contributed by atoms with Crippen LogP contribution in [0.4, 0.5) is 0 Å². The molecule has 0 spiro atoms. The first-order chi connectivity index (χ1) is 8.16. The Bertz CT molecular complexity index is 368. The molecule has 0 N–H and O–H groups in total. The summed E-state index contributed by atoms with van der Waals surface area (Å²) in [7, 11) is 0. The molecule has 1 fully saturated rings. The van der Waals surface area contributed by atoms with Crippen LogP contribution in [0.2, 0.25) is 0 Å². The van der Waals surface area contributed by atoms with Gasteiger partial charge in [-0.05, 0) is 18.4 Å². The molecule has 1 saturated carbocycles. The lowest BCUT2D eigenvalue weighted by atomic mass is 10.1. The third-order valence-corrected chi connectivity index (χ3v) is 3.29. The van der Waals surface area contributed by atoms with Crippen LogP contribution in [0.25, 0.3) is 0 Å². The molecule has 0 atom stereocenters. The molecule has 2 heteroatoms. The number of carbonyl (C=O) groups excluding carboxylic acids is 1. The Kier molecular flexibility index (Phi) is 3.95. The summed E-state index contributed by atoms with van der Waals surface area (Å²) < 4.78 is 0. The zero-order chi connectivity index (χ0) is 12.3. The van der Waals surface area contributed by atoms with Crippen LogP contribution < -0.4 is 0 Å². The second-order valence-corrected chi connectivity index (χ2v) is 5.24. The van der Waals surface area contributed by atoms with E-state index in [1.54, 1.807) is 0 Å². The molecule has 1 aliphatic carbocycles. The van der Waals surface area contributed by atoms with Crippen molar-refractivity contribution >= 4 is 5.78 Å². The van der Waals surface area contributed by atoms with E-state index in [9.17, 15) is 4.79 Å². The van der Waals surface area contributed by atoms with Gasteiger partial charge in [-0.1, -0.05) is 44.2 Å². The van der Waals surface area contributed by atoms with Crippen LogP contribution in [0.1, 0.15) is 32.3 Å². The van der Waals surface area contributed by atoms with Crippen LogP contribution in [0.3, 0.4) is 0 Å². The minimum Gasteiger partial charge on any atom is -0.298 e. The van der Waals surface area contributed by atoms with Crippen molar-refractivity contribution in [2.24, 2.45) is 5.92 Å². The zero-order valence-electron chi connectivity index (χ0n) is 10.7. The van der Waals surface area contributed by atoms with Crippen LogP contribution in [-0.2, 0) is 11.3 Å². The lowest BCUT2D eigenvalue weighted by Crippen LogP contribution is -2.33. The number of benzene rings is 1. The monoisotopic (exact) mass is 231 g/mol. The Morgan fingerprint density at radius 3 is 2.47 bits per heavy atom. The van der Waals surface area contributed by atoms with Gasteiger partial charge in [0.25, 0.3) is 0 Å². The number of Topliss-reactive ketones (excluding diaryl/α,β-unsaturated/α-hetero) is 1. The van der Waals surface area contributed by atoms with Crippen molar-refractivity contribution in [3.8, 4) is 0 Å². The number of nitrogens with zero attached hydrogens (tertiary/aromatic N) is 1. The third-order valence-electron chi connectivity index (χ3n) is 3.29. The maximum Gasteiger partial charge on any atom is 0.149 e. The topological polar surface area (TPSA) is 20.3 Å². The second kappa shape index (κ2) is 5.46. The molecule has 1 aliphatic rings. The normalized spacial score (nSPS) is 15.5. The van der Waals surface area contributed by atoms with Crippen LogP contribution in [0, 0.1) is 5.92 Å². The van der Waals surface area contributed by atoms with E-state index in [4.69, 9.17) is 0 Å². The number of hydrogen-bond acceptors (Lipinski definition) is 2. The largest absolute Gasteiger partial charge is 0.298 e. The average molecular weight is 231 g/mol. The molecule has 0 bridgehead atoms. The van der Waals surface area contributed by atoms with E-state index in [2.05, 4.69) is 29.2 Å². The van der Waals surface area contributed by atoms with E-state index in [1.165, 1.54) is 18.4 Å². The molecule has 1 aromatic carbocycles. The van der Waals surface area contributed by atoms with Gasteiger partial charge in [-0.3, -0.25) is 9.69 Å². The molecule has 0 heterocycles. The minimum atomic E-state index is 0.145. The number of carbonyl (C=O) groups is 1. The minimum absolute atomic E-state index is 0.145. The second-order valence-electron chi connectivity index (χ2n) is 5.24. The Hall–Kier alpha value is -1.15. The van der Waals surface area contributed by atoms with Crippen molar-refractivity contribution in [2.75, 3.05) is 6.54 Å². The highest BCUT2D eigenvalue weighted by Gasteiger charge is 2.30. The standard InChI is InChI=1S/C15H21NO/c1-12(2)15(17)11-16(14-8-9-14)10-13-6-4-3-5-7-13/h3-7,12,14H,8-11H2,1-2H3. The van der Waals surface area contributed by atoms with Crippen molar-refractivity contribution in [3.05, 3.63) is 35.9 Å². The highest BCUT2D eigenvalue weighted by molar-refractivity contribution is 5.82. The van der Waals surface area contributed by atoms with E-state index in [1.807, 2.05) is 19.9 Å². The highest BCUT2D eigenvalue weighted by atomic mass is 16.1. The maximum atomic E-state index is 11.8. The van der Waals surface area contributed by atoms with E-state index in [0.717, 1.165) is 6.54 Å². The Morgan fingerprint density at radius 1 is 1.29 bits per heavy atom. The van der Waals surface area contributed by atoms with Crippen molar-refractivity contribution in [1.29, 1.82) is 0 Å². The number of rotatable bonds is 6. The van der Waals surface area contributed by atoms with Gasteiger partial charge in [0.15, 0.2) is 0 Å². The van der Waals surface area contributed by atoms with Gasteiger partial charge in [-0.15, -0.1) is 0 Å². The van der Waals surface area contributed by atoms with Gasteiger partial charge >= 0.3 is 0 Å². The van der Waals surface area contributed by atoms with E-state index in [0.29, 0.717) is 18.4 Å². The predicted octanol–water partition coefficient (Wildman–Crippen LogP) is 2.88. The Balaban J connectivity index is 1.96.